The molecular weight excluding hydrogens is 230 g/mol. The third-order valence-electron chi connectivity index (χ3n) is 2.00. The predicted octanol–water partition coefficient (Wildman–Crippen LogP) is -0.297. The minimum Gasteiger partial charge on any atom is -0.481 e. The molecule has 7 heteroatoms. The van der Waals surface area contributed by atoms with Crippen LogP contribution in [-0.2, 0) is 19.1 Å². The summed E-state index contributed by atoms with van der Waals surface area (Å²) in [6, 6.07) is -1.39. The van der Waals surface area contributed by atoms with Gasteiger partial charge in [-0.3, -0.25) is 9.59 Å². The molecule has 98 valence electrons. The molecule has 2 atom stereocenters. The third-order valence-corrected chi connectivity index (χ3v) is 2.00. The smallest absolute Gasteiger partial charge is 0.326 e. The van der Waals surface area contributed by atoms with Crippen molar-refractivity contribution in [2.24, 2.45) is 5.92 Å². The molecule has 0 saturated carbocycles. The number of amides is 1. The lowest BCUT2D eigenvalue weighted by Gasteiger charge is -2.14. The van der Waals surface area contributed by atoms with Gasteiger partial charge < -0.3 is 20.3 Å². The van der Waals surface area contributed by atoms with E-state index in [9.17, 15) is 14.4 Å². The average Bonchev–Trinajstić information content (AvgIpc) is 2.15. The number of ether oxygens (including phenoxy) is 1. The van der Waals surface area contributed by atoms with Crippen molar-refractivity contribution in [2.75, 3.05) is 13.7 Å². The van der Waals surface area contributed by atoms with Crippen molar-refractivity contribution in [1.82, 2.24) is 5.32 Å². The number of nitrogens with one attached hydrogen (secondary N) is 1. The number of rotatable bonds is 8. The molecule has 0 rings (SSSR count). The molecule has 0 fully saturated rings. The van der Waals surface area contributed by atoms with Gasteiger partial charge in [0.05, 0.1) is 6.42 Å². The lowest BCUT2D eigenvalue weighted by atomic mass is 10.1. The monoisotopic (exact) mass is 247 g/mol. The van der Waals surface area contributed by atoms with E-state index in [-0.39, 0.29) is 12.3 Å². The highest BCUT2D eigenvalue weighted by Crippen LogP contribution is 2.03. The van der Waals surface area contributed by atoms with Crippen molar-refractivity contribution < 1.29 is 29.3 Å². The summed E-state index contributed by atoms with van der Waals surface area (Å²) in [5.74, 6) is -3.19. The molecule has 0 bridgehead atoms. The standard InChI is InChI=1S/C10H17NO6/c1-6(5-17-2)3-8(12)11-7(10(15)16)4-9(13)14/h6-7H,3-5H2,1-2H3,(H,11,12)(H,13,14)(H,15,16). The van der Waals surface area contributed by atoms with E-state index in [0.717, 1.165) is 0 Å². The Hall–Kier alpha value is -1.63. The van der Waals surface area contributed by atoms with Crippen molar-refractivity contribution in [2.45, 2.75) is 25.8 Å². The highest BCUT2D eigenvalue weighted by molar-refractivity contribution is 5.86. The Labute approximate surface area is 98.8 Å². The zero-order valence-corrected chi connectivity index (χ0v) is 9.80. The summed E-state index contributed by atoms with van der Waals surface area (Å²) in [5, 5.41) is 19.3. The number of hydrogen-bond donors (Lipinski definition) is 3. The lowest BCUT2D eigenvalue weighted by molar-refractivity contribution is -0.147. The van der Waals surface area contributed by atoms with Crippen molar-refractivity contribution in [1.29, 1.82) is 0 Å². The molecule has 17 heavy (non-hydrogen) atoms. The van der Waals surface area contributed by atoms with Crippen LogP contribution in [0.1, 0.15) is 19.8 Å². The Morgan fingerprint density at radius 2 is 1.82 bits per heavy atom. The van der Waals surface area contributed by atoms with Crippen LogP contribution in [0, 0.1) is 5.92 Å². The first kappa shape index (κ1) is 15.4. The van der Waals surface area contributed by atoms with Crippen molar-refractivity contribution in [3.05, 3.63) is 0 Å². The Balaban J connectivity index is 4.21. The number of hydrogen-bond acceptors (Lipinski definition) is 4. The molecular formula is C10H17NO6. The fourth-order valence-electron chi connectivity index (χ4n) is 1.29. The summed E-state index contributed by atoms with van der Waals surface area (Å²) < 4.78 is 4.83. The Morgan fingerprint density at radius 3 is 2.24 bits per heavy atom. The summed E-state index contributed by atoms with van der Waals surface area (Å²) in [4.78, 5) is 32.5. The summed E-state index contributed by atoms with van der Waals surface area (Å²) >= 11 is 0. The first-order valence-corrected chi connectivity index (χ1v) is 5.09. The molecule has 0 radical (unpaired) electrons. The molecule has 0 aliphatic rings. The van der Waals surface area contributed by atoms with Crippen molar-refractivity contribution in [3.63, 3.8) is 0 Å². The van der Waals surface area contributed by atoms with Crippen LogP contribution in [-0.4, -0.2) is 47.8 Å². The van der Waals surface area contributed by atoms with Gasteiger partial charge in [-0.2, -0.15) is 0 Å². The van der Waals surface area contributed by atoms with Crippen LogP contribution >= 0.6 is 0 Å². The number of aliphatic carboxylic acids is 2. The highest BCUT2D eigenvalue weighted by Gasteiger charge is 2.23. The molecule has 0 heterocycles. The van der Waals surface area contributed by atoms with Gasteiger partial charge in [-0.15, -0.1) is 0 Å². The van der Waals surface area contributed by atoms with E-state index < -0.39 is 30.3 Å². The van der Waals surface area contributed by atoms with Gasteiger partial charge in [-0.1, -0.05) is 6.92 Å². The van der Waals surface area contributed by atoms with E-state index in [0.29, 0.717) is 6.61 Å². The Kier molecular flexibility index (Phi) is 6.88. The van der Waals surface area contributed by atoms with Gasteiger partial charge in [-0.25, -0.2) is 4.79 Å². The van der Waals surface area contributed by atoms with E-state index in [2.05, 4.69) is 5.32 Å². The second-order valence-corrected chi connectivity index (χ2v) is 3.82. The maximum atomic E-state index is 11.4. The first-order valence-electron chi connectivity index (χ1n) is 5.09. The van der Waals surface area contributed by atoms with E-state index in [4.69, 9.17) is 14.9 Å². The second kappa shape index (κ2) is 7.61. The van der Waals surface area contributed by atoms with Crippen LogP contribution in [0.4, 0.5) is 0 Å². The zero-order valence-electron chi connectivity index (χ0n) is 9.80. The van der Waals surface area contributed by atoms with Gasteiger partial charge in [0.2, 0.25) is 5.91 Å². The van der Waals surface area contributed by atoms with E-state index >= 15 is 0 Å². The number of carboxylic acids is 2. The summed E-state index contributed by atoms with van der Waals surface area (Å²) in [7, 11) is 1.50. The molecule has 2 unspecified atom stereocenters. The lowest BCUT2D eigenvalue weighted by Crippen LogP contribution is -2.42. The Bertz CT molecular complexity index is 291. The third kappa shape index (κ3) is 7.29. The number of carbonyl (C=O) groups excluding carboxylic acids is 1. The molecule has 0 aromatic carbocycles. The van der Waals surface area contributed by atoms with E-state index in [1.165, 1.54) is 7.11 Å². The number of carboxylic acid groups (broad SMARTS) is 2. The fraction of sp³-hybridized carbons (Fsp3) is 0.700. The van der Waals surface area contributed by atoms with Crippen LogP contribution < -0.4 is 5.32 Å². The minimum absolute atomic E-state index is 0.0562. The van der Waals surface area contributed by atoms with Crippen molar-refractivity contribution in [3.8, 4) is 0 Å². The van der Waals surface area contributed by atoms with Gasteiger partial charge in [0, 0.05) is 20.1 Å². The SMILES string of the molecule is COCC(C)CC(=O)NC(CC(=O)O)C(=O)O. The van der Waals surface area contributed by atoms with Gasteiger partial charge in [-0.05, 0) is 5.92 Å². The molecule has 0 aliphatic carbocycles. The maximum Gasteiger partial charge on any atom is 0.326 e. The van der Waals surface area contributed by atoms with Crippen LogP contribution in [0.2, 0.25) is 0 Å². The molecule has 1 amide bonds. The average molecular weight is 247 g/mol. The van der Waals surface area contributed by atoms with Crippen LogP contribution in [0.15, 0.2) is 0 Å². The molecule has 0 aromatic heterocycles. The van der Waals surface area contributed by atoms with Gasteiger partial charge in [0.15, 0.2) is 0 Å². The van der Waals surface area contributed by atoms with Crippen LogP contribution in [0.5, 0.6) is 0 Å². The number of carbonyl (C=O) groups is 3. The molecule has 0 saturated heterocycles. The molecule has 0 aromatic rings. The molecule has 3 N–H and O–H groups in total. The van der Waals surface area contributed by atoms with Gasteiger partial charge in [0.25, 0.3) is 0 Å². The summed E-state index contributed by atoms with van der Waals surface area (Å²) in [6.45, 7) is 2.15. The number of methoxy groups -OCH3 is 1. The quantitative estimate of drug-likeness (QED) is 0.543. The minimum atomic E-state index is -1.39. The molecule has 0 spiro atoms. The largest absolute Gasteiger partial charge is 0.481 e. The first-order chi connectivity index (χ1) is 7.86. The van der Waals surface area contributed by atoms with E-state index in [1.54, 1.807) is 6.92 Å². The zero-order chi connectivity index (χ0) is 13.4. The normalized spacial score (nSPS) is 13.8. The molecule has 7 nitrogen and oxygen atoms in total. The van der Waals surface area contributed by atoms with E-state index in [1.807, 2.05) is 0 Å². The summed E-state index contributed by atoms with van der Waals surface area (Å²) in [5.41, 5.74) is 0. The summed E-state index contributed by atoms with van der Waals surface area (Å²) in [6.07, 6.45) is -0.545. The molecule has 0 aliphatic heterocycles. The van der Waals surface area contributed by atoms with Gasteiger partial charge in [0.1, 0.15) is 6.04 Å². The van der Waals surface area contributed by atoms with Crippen LogP contribution in [0.25, 0.3) is 0 Å². The van der Waals surface area contributed by atoms with Crippen LogP contribution in [0.3, 0.4) is 0 Å². The fourth-order valence-corrected chi connectivity index (χ4v) is 1.29. The Morgan fingerprint density at radius 1 is 1.24 bits per heavy atom. The van der Waals surface area contributed by atoms with Gasteiger partial charge >= 0.3 is 11.9 Å². The predicted molar refractivity (Wildman–Crippen MR) is 57.5 cm³/mol. The second-order valence-electron chi connectivity index (χ2n) is 3.82. The van der Waals surface area contributed by atoms with Crippen molar-refractivity contribution >= 4 is 17.8 Å². The topological polar surface area (TPSA) is 113 Å². The highest BCUT2D eigenvalue weighted by atomic mass is 16.5. The maximum absolute atomic E-state index is 11.4.